The van der Waals surface area contributed by atoms with E-state index >= 15 is 0 Å². The molecule has 2 aromatic rings. The molecule has 1 aromatic heterocycles. The van der Waals surface area contributed by atoms with E-state index in [1.807, 2.05) is 36.5 Å². The number of carbonyl (C=O) groups is 1. The second-order valence-electron chi connectivity index (χ2n) is 5.90. The van der Waals surface area contributed by atoms with Crippen molar-refractivity contribution < 1.29 is 17.6 Å². The van der Waals surface area contributed by atoms with E-state index in [9.17, 15) is 17.6 Å². The summed E-state index contributed by atoms with van der Waals surface area (Å²) in [5.74, 6) is -0.750. The van der Waals surface area contributed by atoms with Gasteiger partial charge in [-0.3, -0.25) is 4.79 Å². The summed E-state index contributed by atoms with van der Waals surface area (Å²) in [5.41, 5.74) is 0. The van der Waals surface area contributed by atoms with Crippen molar-refractivity contribution in [3.63, 3.8) is 0 Å². The van der Waals surface area contributed by atoms with Crippen LogP contribution in [0.1, 0.15) is 17.3 Å². The van der Waals surface area contributed by atoms with E-state index in [1.54, 1.807) is 11.3 Å². The SMILES string of the molecule is CN(C)C(CNC(=O)CCNS(=O)(=O)c1ccc(F)cc1)c1cccs1. The minimum Gasteiger partial charge on any atom is -0.354 e. The average Bonchev–Trinajstić information content (AvgIpc) is 3.09. The Kier molecular flexibility index (Phi) is 7.27. The summed E-state index contributed by atoms with van der Waals surface area (Å²) in [6, 6.07) is 8.55. The summed E-state index contributed by atoms with van der Waals surface area (Å²) in [5, 5.41) is 4.81. The standard InChI is InChI=1S/C17H22FN3O3S2/c1-21(2)15(16-4-3-11-25-16)12-19-17(22)9-10-20-26(23,24)14-7-5-13(18)6-8-14/h3-8,11,15,20H,9-10,12H2,1-2H3,(H,19,22). The molecular formula is C17H22FN3O3S2. The molecule has 6 nitrogen and oxygen atoms in total. The molecule has 1 unspecified atom stereocenters. The molecule has 0 saturated heterocycles. The quantitative estimate of drug-likeness (QED) is 0.676. The Morgan fingerprint density at radius 2 is 1.92 bits per heavy atom. The fourth-order valence-electron chi connectivity index (χ4n) is 2.31. The van der Waals surface area contributed by atoms with Gasteiger partial charge in [0.15, 0.2) is 0 Å². The first-order valence-corrected chi connectivity index (χ1v) is 10.4. The molecule has 0 aliphatic rings. The van der Waals surface area contributed by atoms with Crippen molar-refractivity contribution in [2.75, 3.05) is 27.2 Å². The third-order valence-electron chi connectivity index (χ3n) is 3.76. The first-order valence-electron chi connectivity index (χ1n) is 8.01. The number of sulfonamides is 1. The van der Waals surface area contributed by atoms with Crippen molar-refractivity contribution >= 4 is 27.3 Å². The Balaban J connectivity index is 1.80. The minimum atomic E-state index is -3.76. The number of nitrogens with one attached hydrogen (secondary N) is 2. The molecule has 1 amide bonds. The molecule has 2 N–H and O–H groups in total. The lowest BCUT2D eigenvalue weighted by atomic mass is 10.2. The maximum absolute atomic E-state index is 12.9. The number of nitrogens with zero attached hydrogens (tertiary/aromatic N) is 1. The molecule has 0 bridgehead atoms. The lowest BCUT2D eigenvalue weighted by Crippen LogP contribution is -2.36. The van der Waals surface area contributed by atoms with Gasteiger partial charge in [0.25, 0.3) is 0 Å². The second-order valence-corrected chi connectivity index (χ2v) is 8.65. The number of benzene rings is 1. The van der Waals surface area contributed by atoms with Gasteiger partial charge in [-0.1, -0.05) is 6.07 Å². The van der Waals surface area contributed by atoms with Gasteiger partial charge in [-0.25, -0.2) is 17.5 Å². The highest BCUT2D eigenvalue weighted by Crippen LogP contribution is 2.22. The fraction of sp³-hybridized carbons (Fsp3) is 0.353. The van der Waals surface area contributed by atoms with Gasteiger partial charge in [0.1, 0.15) is 5.82 Å². The van der Waals surface area contributed by atoms with Gasteiger partial charge in [0.2, 0.25) is 15.9 Å². The van der Waals surface area contributed by atoms with Crippen LogP contribution in [-0.4, -0.2) is 46.4 Å². The first kappa shape index (κ1) is 20.5. The molecule has 0 radical (unpaired) electrons. The van der Waals surface area contributed by atoms with Gasteiger partial charge >= 0.3 is 0 Å². The number of rotatable bonds is 9. The zero-order valence-corrected chi connectivity index (χ0v) is 16.2. The van der Waals surface area contributed by atoms with E-state index in [0.717, 1.165) is 17.0 Å². The van der Waals surface area contributed by atoms with Gasteiger partial charge in [-0.15, -0.1) is 11.3 Å². The molecule has 0 aliphatic carbocycles. The zero-order valence-electron chi connectivity index (χ0n) is 14.6. The second kappa shape index (κ2) is 9.22. The van der Waals surface area contributed by atoms with Crippen LogP contribution >= 0.6 is 11.3 Å². The number of hydrogen-bond acceptors (Lipinski definition) is 5. The smallest absolute Gasteiger partial charge is 0.240 e. The molecule has 1 aromatic carbocycles. The summed E-state index contributed by atoms with van der Waals surface area (Å²) in [4.78, 5) is 15.1. The molecule has 26 heavy (non-hydrogen) atoms. The number of hydrogen-bond donors (Lipinski definition) is 2. The third kappa shape index (κ3) is 5.87. The molecule has 9 heteroatoms. The highest BCUT2D eigenvalue weighted by Gasteiger charge is 2.17. The number of carbonyl (C=O) groups excluding carboxylic acids is 1. The van der Waals surface area contributed by atoms with Gasteiger partial charge < -0.3 is 10.2 Å². The topological polar surface area (TPSA) is 78.5 Å². The molecule has 0 spiro atoms. The number of thiophene rings is 1. The van der Waals surface area contributed by atoms with E-state index in [1.165, 1.54) is 12.1 Å². The maximum Gasteiger partial charge on any atom is 0.240 e. The van der Waals surface area contributed by atoms with Gasteiger partial charge in [0.05, 0.1) is 10.9 Å². The van der Waals surface area contributed by atoms with Crippen molar-refractivity contribution in [1.29, 1.82) is 0 Å². The Bertz CT molecular complexity index is 806. The Morgan fingerprint density at radius 1 is 1.23 bits per heavy atom. The van der Waals surface area contributed by atoms with Gasteiger partial charge in [0, 0.05) is 24.4 Å². The van der Waals surface area contributed by atoms with Crippen molar-refractivity contribution in [3.8, 4) is 0 Å². The summed E-state index contributed by atoms with van der Waals surface area (Å²) >= 11 is 1.62. The van der Waals surface area contributed by atoms with Crippen LogP contribution in [0.4, 0.5) is 4.39 Å². The molecule has 1 atom stereocenters. The molecule has 0 aliphatic heterocycles. The Labute approximate surface area is 157 Å². The summed E-state index contributed by atoms with van der Waals surface area (Å²) in [7, 11) is 0.120. The first-order chi connectivity index (χ1) is 12.3. The number of halogens is 1. The van der Waals surface area contributed by atoms with Crippen LogP contribution in [0.2, 0.25) is 0 Å². The minimum absolute atomic E-state index is 0.0189. The van der Waals surface area contributed by atoms with Gasteiger partial charge in [-0.05, 0) is 49.8 Å². The normalized spacial score (nSPS) is 12.9. The van der Waals surface area contributed by atoms with Crippen LogP contribution in [0.5, 0.6) is 0 Å². The summed E-state index contributed by atoms with van der Waals surface area (Å²) in [6.45, 7) is 0.411. The predicted octanol–water partition coefficient (Wildman–Crippen LogP) is 1.97. The molecule has 1 heterocycles. The van der Waals surface area contributed by atoms with Crippen LogP contribution in [0, 0.1) is 5.82 Å². The fourth-order valence-corrected chi connectivity index (χ4v) is 4.27. The van der Waals surface area contributed by atoms with Crippen molar-refractivity contribution in [3.05, 3.63) is 52.5 Å². The highest BCUT2D eigenvalue weighted by atomic mass is 32.2. The largest absolute Gasteiger partial charge is 0.354 e. The molecule has 2 rings (SSSR count). The van der Waals surface area contributed by atoms with E-state index < -0.39 is 15.8 Å². The predicted molar refractivity (Wildman–Crippen MR) is 100.0 cm³/mol. The number of amides is 1. The van der Waals surface area contributed by atoms with Crippen LogP contribution in [0.3, 0.4) is 0 Å². The van der Waals surface area contributed by atoms with Crippen LogP contribution < -0.4 is 10.0 Å². The van der Waals surface area contributed by atoms with E-state index in [4.69, 9.17) is 0 Å². The van der Waals surface area contributed by atoms with Crippen molar-refractivity contribution in [2.45, 2.75) is 17.4 Å². The lowest BCUT2D eigenvalue weighted by Gasteiger charge is -2.23. The molecule has 0 fully saturated rings. The van der Waals surface area contributed by atoms with Crippen LogP contribution in [0.25, 0.3) is 0 Å². The molecule has 142 valence electrons. The Morgan fingerprint density at radius 3 is 2.50 bits per heavy atom. The highest BCUT2D eigenvalue weighted by molar-refractivity contribution is 7.89. The van der Waals surface area contributed by atoms with Crippen molar-refractivity contribution in [2.24, 2.45) is 0 Å². The van der Waals surface area contributed by atoms with Crippen LogP contribution in [0.15, 0.2) is 46.7 Å². The van der Waals surface area contributed by atoms with E-state index in [0.29, 0.717) is 6.54 Å². The lowest BCUT2D eigenvalue weighted by molar-refractivity contribution is -0.121. The van der Waals surface area contributed by atoms with Crippen molar-refractivity contribution in [1.82, 2.24) is 14.9 Å². The van der Waals surface area contributed by atoms with E-state index in [-0.39, 0.29) is 29.8 Å². The summed E-state index contributed by atoms with van der Waals surface area (Å²) < 4.78 is 39.3. The van der Waals surface area contributed by atoms with E-state index in [2.05, 4.69) is 10.0 Å². The van der Waals surface area contributed by atoms with Crippen LogP contribution in [-0.2, 0) is 14.8 Å². The average molecular weight is 400 g/mol. The monoisotopic (exact) mass is 399 g/mol. The number of likely N-dealkylation sites (N-methyl/N-ethyl adjacent to an activating group) is 1. The molecular weight excluding hydrogens is 377 g/mol. The third-order valence-corrected chi connectivity index (χ3v) is 6.21. The zero-order chi connectivity index (χ0) is 19.2. The summed E-state index contributed by atoms with van der Waals surface area (Å²) in [6.07, 6.45) is 0.0189. The Hall–Kier alpha value is -1.81. The van der Waals surface area contributed by atoms with Gasteiger partial charge in [-0.2, -0.15) is 0 Å². The maximum atomic E-state index is 12.9. The molecule has 0 saturated carbocycles.